The minimum Gasteiger partial charge on any atom is -0.455 e. The van der Waals surface area contributed by atoms with Gasteiger partial charge in [0.05, 0.1) is 5.92 Å². The molecule has 3 rings (SSSR count). The zero-order chi connectivity index (χ0) is 17.8. The number of benzene rings is 1. The number of ether oxygens (including phenoxy) is 1. The molecule has 1 aromatic rings. The number of carbonyl (C=O) groups excluding carboxylic acids is 3. The van der Waals surface area contributed by atoms with Crippen molar-refractivity contribution in [3.8, 4) is 0 Å². The van der Waals surface area contributed by atoms with E-state index in [2.05, 4.69) is 5.32 Å². The second-order valence-corrected chi connectivity index (χ2v) is 6.91. The summed E-state index contributed by atoms with van der Waals surface area (Å²) in [6.07, 6.45) is 3.86. The SMILES string of the molecule is O=C(COC(=O)C1CC2CCCC(C1)C2=O)NCc1ccc(F)cc1. The van der Waals surface area contributed by atoms with E-state index in [4.69, 9.17) is 4.74 Å². The highest BCUT2D eigenvalue weighted by Gasteiger charge is 2.41. The predicted molar refractivity (Wildman–Crippen MR) is 87.8 cm³/mol. The third-order valence-corrected chi connectivity index (χ3v) is 5.13. The number of amides is 1. The number of hydrogen-bond donors (Lipinski definition) is 1. The first-order valence-corrected chi connectivity index (χ1v) is 8.74. The molecule has 2 saturated carbocycles. The second-order valence-electron chi connectivity index (χ2n) is 6.91. The van der Waals surface area contributed by atoms with Gasteiger partial charge in [0, 0.05) is 18.4 Å². The van der Waals surface area contributed by atoms with Gasteiger partial charge in [-0.2, -0.15) is 0 Å². The van der Waals surface area contributed by atoms with E-state index in [9.17, 15) is 18.8 Å². The lowest BCUT2D eigenvalue weighted by Crippen LogP contribution is -2.40. The van der Waals surface area contributed by atoms with Crippen LogP contribution in [0.15, 0.2) is 24.3 Å². The highest BCUT2D eigenvalue weighted by Crippen LogP contribution is 2.40. The van der Waals surface area contributed by atoms with Crippen LogP contribution in [-0.4, -0.2) is 24.3 Å². The normalized spacial score (nSPS) is 25.3. The average Bonchev–Trinajstić information content (AvgIpc) is 2.59. The topological polar surface area (TPSA) is 72.5 Å². The van der Waals surface area contributed by atoms with Gasteiger partial charge in [-0.05, 0) is 43.4 Å². The standard InChI is InChI=1S/C19H22FNO4/c20-16-6-4-12(5-7-16)10-21-17(22)11-25-19(24)15-8-13-2-1-3-14(9-15)18(13)23/h4-7,13-15H,1-3,8-11H2,(H,21,22). The molecule has 0 aliphatic heterocycles. The van der Waals surface area contributed by atoms with E-state index in [0.29, 0.717) is 18.6 Å². The molecule has 1 aromatic carbocycles. The highest BCUT2D eigenvalue weighted by atomic mass is 19.1. The zero-order valence-corrected chi connectivity index (χ0v) is 14.0. The molecular weight excluding hydrogens is 325 g/mol. The lowest BCUT2D eigenvalue weighted by molar-refractivity contribution is -0.156. The smallest absolute Gasteiger partial charge is 0.309 e. The van der Waals surface area contributed by atoms with Crippen molar-refractivity contribution in [2.45, 2.75) is 38.6 Å². The van der Waals surface area contributed by atoms with Gasteiger partial charge < -0.3 is 10.1 Å². The first-order chi connectivity index (χ1) is 12.0. The van der Waals surface area contributed by atoms with Crippen molar-refractivity contribution in [2.24, 2.45) is 17.8 Å². The van der Waals surface area contributed by atoms with Crippen LogP contribution in [0.25, 0.3) is 0 Å². The van der Waals surface area contributed by atoms with Crippen LogP contribution >= 0.6 is 0 Å². The number of nitrogens with one attached hydrogen (secondary N) is 1. The van der Waals surface area contributed by atoms with Gasteiger partial charge in [-0.3, -0.25) is 14.4 Å². The Balaban J connectivity index is 1.42. The Morgan fingerprint density at radius 3 is 2.40 bits per heavy atom. The fourth-order valence-electron chi connectivity index (χ4n) is 3.78. The number of rotatable bonds is 5. The van der Waals surface area contributed by atoms with Gasteiger partial charge in [0.2, 0.25) is 0 Å². The minimum atomic E-state index is -0.398. The van der Waals surface area contributed by atoms with E-state index < -0.39 is 5.91 Å². The number of fused-ring (bicyclic) bond motifs is 2. The third kappa shape index (κ3) is 4.44. The van der Waals surface area contributed by atoms with Crippen molar-refractivity contribution in [3.05, 3.63) is 35.6 Å². The first-order valence-electron chi connectivity index (χ1n) is 8.74. The molecule has 2 aliphatic carbocycles. The number of Topliss-reactive ketones (excluding diaryl/α,β-unsaturated/α-hetero) is 1. The first kappa shape index (κ1) is 17.6. The third-order valence-electron chi connectivity index (χ3n) is 5.13. The van der Waals surface area contributed by atoms with Crippen LogP contribution in [-0.2, 0) is 25.7 Å². The fraction of sp³-hybridized carbons (Fsp3) is 0.526. The molecule has 0 radical (unpaired) electrons. The monoisotopic (exact) mass is 347 g/mol. The Morgan fingerprint density at radius 1 is 1.12 bits per heavy atom. The zero-order valence-electron chi connectivity index (χ0n) is 14.0. The summed E-state index contributed by atoms with van der Waals surface area (Å²) in [4.78, 5) is 36.0. The molecule has 0 heterocycles. The van der Waals surface area contributed by atoms with Gasteiger partial charge in [0.15, 0.2) is 6.61 Å². The number of hydrogen-bond acceptors (Lipinski definition) is 4. The molecule has 1 amide bonds. The largest absolute Gasteiger partial charge is 0.455 e. The number of carbonyl (C=O) groups is 3. The van der Waals surface area contributed by atoms with E-state index in [1.54, 1.807) is 12.1 Å². The molecule has 2 bridgehead atoms. The molecule has 0 spiro atoms. The molecule has 2 aliphatic rings. The fourth-order valence-corrected chi connectivity index (χ4v) is 3.78. The molecule has 5 nitrogen and oxygen atoms in total. The summed E-state index contributed by atoms with van der Waals surface area (Å²) in [6, 6.07) is 5.81. The van der Waals surface area contributed by atoms with Crippen LogP contribution in [0.5, 0.6) is 0 Å². The summed E-state index contributed by atoms with van der Waals surface area (Å²) in [5.41, 5.74) is 0.764. The Morgan fingerprint density at radius 2 is 1.76 bits per heavy atom. The van der Waals surface area contributed by atoms with Crippen molar-refractivity contribution in [3.63, 3.8) is 0 Å². The lowest BCUT2D eigenvalue weighted by atomic mass is 9.67. The molecule has 2 atom stereocenters. The molecule has 6 heteroatoms. The molecule has 1 N–H and O–H groups in total. The lowest BCUT2D eigenvalue weighted by Gasteiger charge is -2.36. The molecule has 134 valence electrons. The summed E-state index contributed by atoms with van der Waals surface area (Å²) in [5.74, 6) is -1.13. The van der Waals surface area contributed by atoms with Gasteiger partial charge in [0.1, 0.15) is 11.6 Å². The van der Waals surface area contributed by atoms with Crippen LogP contribution < -0.4 is 5.32 Å². The minimum absolute atomic E-state index is 0.0163. The maximum absolute atomic E-state index is 12.8. The van der Waals surface area contributed by atoms with Crippen molar-refractivity contribution in [1.29, 1.82) is 0 Å². The molecule has 0 saturated heterocycles. The molecule has 2 unspecified atom stereocenters. The van der Waals surface area contributed by atoms with Crippen molar-refractivity contribution in [1.82, 2.24) is 5.32 Å². The summed E-state index contributed by atoms with van der Waals surface area (Å²) in [7, 11) is 0. The van der Waals surface area contributed by atoms with E-state index in [0.717, 1.165) is 24.8 Å². The summed E-state index contributed by atoms with van der Waals surface area (Å²) in [5, 5.41) is 2.63. The summed E-state index contributed by atoms with van der Waals surface area (Å²) < 4.78 is 17.9. The molecular formula is C19H22FNO4. The van der Waals surface area contributed by atoms with Crippen LogP contribution in [0.2, 0.25) is 0 Å². The van der Waals surface area contributed by atoms with Crippen LogP contribution in [0.1, 0.15) is 37.7 Å². The van der Waals surface area contributed by atoms with Gasteiger partial charge in [-0.15, -0.1) is 0 Å². The van der Waals surface area contributed by atoms with E-state index in [1.807, 2.05) is 0 Å². The quantitative estimate of drug-likeness (QED) is 0.830. The molecule has 25 heavy (non-hydrogen) atoms. The van der Waals surface area contributed by atoms with E-state index in [1.165, 1.54) is 12.1 Å². The number of esters is 1. The average molecular weight is 347 g/mol. The van der Waals surface area contributed by atoms with Crippen molar-refractivity contribution < 1.29 is 23.5 Å². The Labute approximate surface area is 145 Å². The van der Waals surface area contributed by atoms with Gasteiger partial charge in [-0.25, -0.2) is 4.39 Å². The summed E-state index contributed by atoms with van der Waals surface area (Å²) >= 11 is 0. The highest BCUT2D eigenvalue weighted by molar-refractivity contribution is 5.87. The Bertz CT molecular complexity index is 642. The van der Waals surface area contributed by atoms with Crippen molar-refractivity contribution >= 4 is 17.7 Å². The van der Waals surface area contributed by atoms with Crippen molar-refractivity contribution in [2.75, 3.05) is 6.61 Å². The second kappa shape index (κ2) is 7.76. The summed E-state index contributed by atoms with van der Waals surface area (Å²) in [6.45, 7) is -0.0848. The molecule has 0 aromatic heterocycles. The van der Waals surface area contributed by atoms with Crippen LogP contribution in [0, 0.1) is 23.6 Å². The maximum atomic E-state index is 12.8. The van der Waals surface area contributed by atoms with E-state index in [-0.39, 0.29) is 42.7 Å². The number of halogens is 1. The maximum Gasteiger partial charge on any atom is 0.309 e. The predicted octanol–water partition coefficient (Wildman–Crippen LogP) is 2.38. The van der Waals surface area contributed by atoms with Crippen LogP contribution in [0.4, 0.5) is 4.39 Å². The van der Waals surface area contributed by atoms with Crippen LogP contribution in [0.3, 0.4) is 0 Å². The Kier molecular flexibility index (Phi) is 5.46. The van der Waals surface area contributed by atoms with Gasteiger partial charge >= 0.3 is 5.97 Å². The van der Waals surface area contributed by atoms with E-state index >= 15 is 0 Å². The Hall–Kier alpha value is -2.24. The number of ketones is 1. The van der Waals surface area contributed by atoms with Gasteiger partial charge in [0.25, 0.3) is 5.91 Å². The molecule has 2 fully saturated rings. The van der Waals surface area contributed by atoms with Gasteiger partial charge in [-0.1, -0.05) is 18.6 Å².